The maximum absolute atomic E-state index is 12.8. The minimum absolute atomic E-state index is 0.0210. The summed E-state index contributed by atoms with van der Waals surface area (Å²) in [4.78, 5) is 25.4. The Balaban J connectivity index is 2.01. The fourth-order valence-corrected chi connectivity index (χ4v) is 2.97. The molecule has 0 saturated carbocycles. The van der Waals surface area contributed by atoms with Gasteiger partial charge >= 0.3 is 5.97 Å². The second-order valence-electron chi connectivity index (χ2n) is 6.15. The van der Waals surface area contributed by atoms with Crippen molar-refractivity contribution in [2.24, 2.45) is 5.92 Å². The maximum Gasteiger partial charge on any atom is 0.303 e. The van der Waals surface area contributed by atoms with Crippen molar-refractivity contribution in [1.82, 2.24) is 4.90 Å². The average molecular weight is 319 g/mol. The van der Waals surface area contributed by atoms with Gasteiger partial charge in [0.05, 0.1) is 6.10 Å². The molecule has 1 aromatic carbocycles. The SMILES string of the molecule is CC1CC(C(=O)N(CCCC(=O)O)Cc2ccccc2)CCO1. The summed E-state index contributed by atoms with van der Waals surface area (Å²) in [7, 11) is 0. The molecule has 0 spiro atoms. The van der Waals surface area contributed by atoms with Crippen LogP contribution in [-0.2, 0) is 20.9 Å². The first kappa shape index (κ1) is 17.5. The molecular formula is C18H25NO4. The Morgan fingerprint density at radius 2 is 2.04 bits per heavy atom. The summed E-state index contributed by atoms with van der Waals surface area (Å²) in [6.45, 7) is 3.62. The van der Waals surface area contributed by atoms with Gasteiger partial charge in [0.15, 0.2) is 0 Å². The Labute approximate surface area is 137 Å². The summed E-state index contributed by atoms with van der Waals surface area (Å²) in [5.41, 5.74) is 1.07. The number of aliphatic carboxylic acids is 1. The van der Waals surface area contributed by atoms with E-state index in [9.17, 15) is 9.59 Å². The standard InChI is InChI=1S/C18H25NO4/c1-14-12-16(9-11-23-14)18(22)19(10-5-8-17(20)21)13-15-6-3-2-4-7-15/h2-4,6-7,14,16H,5,8-13H2,1H3,(H,20,21). The number of carboxylic acid groups (broad SMARTS) is 1. The smallest absolute Gasteiger partial charge is 0.303 e. The van der Waals surface area contributed by atoms with Crippen LogP contribution < -0.4 is 0 Å². The van der Waals surface area contributed by atoms with Crippen molar-refractivity contribution in [3.05, 3.63) is 35.9 Å². The first-order valence-electron chi connectivity index (χ1n) is 8.22. The lowest BCUT2D eigenvalue weighted by molar-refractivity contribution is -0.142. The molecule has 2 atom stereocenters. The Kier molecular flexibility index (Phi) is 6.59. The Morgan fingerprint density at radius 1 is 1.30 bits per heavy atom. The molecule has 126 valence electrons. The third-order valence-electron chi connectivity index (χ3n) is 4.18. The number of carboxylic acids is 1. The summed E-state index contributed by atoms with van der Waals surface area (Å²) in [5, 5.41) is 8.82. The zero-order valence-corrected chi connectivity index (χ0v) is 13.6. The highest BCUT2D eigenvalue weighted by Crippen LogP contribution is 2.23. The number of ether oxygens (including phenoxy) is 1. The molecule has 2 rings (SSSR count). The van der Waals surface area contributed by atoms with Crippen LogP contribution in [0.1, 0.15) is 38.2 Å². The molecule has 23 heavy (non-hydrogen) atoms. The highest BCUT2D eigenvalue weighted by atomic mass is 16.5. The molecule has 0 bridgehead atoms. The molecule has 2 unspecified atom stereocenters. The van der Waals surface area contributed by atoms with Crippen LogP contribution in [0.4, 0.5) is 0 Å². The van der Waals surface area contributed by atoms with Crippen molar-refractivity contribution in [3.63, 3.8) is 0 Å². The van der Waals surface area contributed by atoms with Crippen LogP contribution in [0.2, 0.25) is 0 Å². The first-order chi connectivity index (χ1) is 11.1. The third kappa shape index (κ3) is 5.67. The van der Waals surface area contributed by atoms with Crippen molar-refractivity contribution in [1.29, 1.82) is 0 Å². The van der Waals surface area contributed by atoms with Crippen LogP contribution in [-0.4, -0.2) is 41.1 Å². The third-order valence-corrected chi connectivity index (χ3v) is 4.18. The van der Waals surface area contributed by atoms with Gasteiger partial charge in [0.2, 0.25) is 5.91 Å². The number of hydrogen-bond acceptors (Lipinski definition) is 3. The predicted molar refractivity (Wildman–Crippen MR) is 86.9 cm³/mol. The van der Waals surface area contributed by atoms with Crippen molar-refractivity contribution in [3.8, 4) is 0 Å². The lowest BCUT2D eigenvalue weighted by Crippen LogP contribution is -2.40. The minimum Gasteiger partial charge on any atom is -0.481 e. The summed E-state index contributed by atoms with van der Waals surface area (Å²) >= 11 is 0. The molecular weight excluding hydrogens is 294 g/mol. The van der Waals surface area contributed by atoms with Gasteiger partial charge in [0, 0.05) is 32.0 Å². The summed E-state index contributed by atoms with van der Waals surface area (Å²) in [5.74, 6) is -0.724. The predicted octanol–water partition coefficient (Wildman–Crippen LogP) is 2.70. The molecule has 1 heterocycles. The summed E-state index contributed by atoms with van der Waals surface area (Å²) in [6, 6.07) is 9.83. The van der Waals surface area contributed by atoms with E-state index in [0.29, 0.717) is 26.1 Å². The van der Waals surface area contributed by atoms with Crippen LogP contribution >= 0.6 is 0 Å². The van der Waals surface area contributed by atoms with E-state index in [1.54, 1.807) is 4.90 Å². The average Bonchev–Trinajstić information content (AvgIpc) is 2.54. The van der Waals surface area contributed by atoms with Gasteiger partial charge in [-0.25, -0.2) is 0 Å². The molecule has 1 aromatic rings. The maximum atomic E-state index is 12.8. The zero-order valence-electron chi connectivity index (χ0n) is 13.6. The second-order valence-corrected chi connectivity index (χ2v) is 6.15. The van der Waals surface area contributed by atoms with E-state index in [0.717, 1.165) is 18.4 Å². The number of rotatable bonds is 7. The van der Waals surface area contributed by atoms with Gasteiger partial charge in [-0.3, -0.25) is 9.59 Å². The summed E-state index contributed by atoms with van der Waals surface area (Å²) < 4.78 is 5.52. The number of nitrogens with zero attached hydrogens (tertiary/aromatic N) is 1. The van der Waals surface area contributed by atoms with Crippen LogP contribution in [0.15, 0.2) is 30.3 Å². The van der Waals surface area contributed by atoms with Gasteiger partial charge in [0.1, 0.15) is 0 Å². The number of carbonyl (C=O) groups excluding carboxylic acids is 1. The molecule has 1 N–H and O–H groups in total. The molecule has 1 fully saturated rings. The lowest BCUT2D eigenvalue weighted by Gasteiger charge is -2.32. The zero-order chi connectivity index (χ0) is 16.7. The van der Waals surface area contributed by atoms with E-state index in [1.165, 1.54) is 0 Å². The molecule has 0 radical (unpaired) electrons. The molecule has 1 saturated heterocycles. The van der Waals surface area contributed by atoms with Gasteiger partial charge in [0.25, 0.3) is 0 Å². The topological polar surface area (TPSA) is 66.8 Å². The van der Waals surface area contributed by atoms with Crippen molar-refractivity contribution in [2.75, 3.05) is 13.2 Å². The molecule has 0 aromatic heterocycles. The lowest BCUT2D eigenvalue weighted by atomic mass is 9.94. The van der Waals surface area contributed by atoms with Crippen molar-refractivity contribution >= 4 is 11.9 Å². The van der Waals surface area contributed by atoms with E-state index in [1.807, 2.05) is 37.3 Å². The highest BCUT2D eigenvalue weighted by Gasteiger charge is 2.29. The Hall–Kier alpha value is -1.88. The fourth-order valence-electron chi connectivity index (χ4n) is 2.97. The molecule has 0 aliphatic carbocycles. The quantitative estimate of drug-likeness (QED) is 0.839. The van der Waals surface area contributed by atoms with E-state index >= 15 is 0 Å². The van der Waals surface area contributed by atoms with Gasteiger partial charge in [-0.1, -0.05) is 30.3 Å². The van der Waals surface area contributed by atoms with Gasteiger partial charge in [-0.05, 0) is 31.7 Å². The number of carbonyl (C=O) groups is 2. The Bertz CT molecular complexity index is 517. The Morgan fingerprint density at radius 3 is 2.70 bits per heavy atom. The van der Waals surface area contributed by atoms with E-state index in [2.05, 4.69) is 0 Å². The van der Waals surface area contributed by atoms with Gasteiger partial charge in [-0.15, -0.1) is 0 Å². The largest absolute Gasteiger partial charge is 0.481 e. The molecule has 1 aliphatic heterocycles. The number of benzene rings is 1. The highest BCUT2D eigenvalue weighted by molar-refractivity contribution is 5.79. The molecule has 1 amide bonds. The van der Waals surface area contributed by atoms with Gasteiger partial charge in [-0.2, -0.15) is 0 Å². The minimum atomic E-state index is -0.822. The van der Waals surface area contributed by atoms with Crippen LogP contribution in [0.5, 0.6) is 0 Å². The summed E-state index contributed by atoms with van der Waals surface area (Å²) in [6.07, 6.45) is 2.15. The van der Waals surface area contributed by atoms with Crippen molar-refractivity contribution < 1.29 is 19.4 Å². The van der Waals surface area contributed by atoms with Crippen molar-refractivity contribution in [2.45, 2.75) is 45.3 Å². The van der Waals surface area contributed by atoms with Crippen LogP contribution in [0.3, 0.4) is 0 Å². The molecule has 1 aliphatic rings. The first-order valence-corrected chi connectivity index (χ1v) is 8.22. The van der Waals surface area contributed by atoms with E-state index in [-0.39, 0.29) is 24.3 Å². The molecule has 5 nitrogen and oxygen atoms in total. The monoisotopic (exact) mass is 319 g/mol. The van der Waals surface area contributed by atoms with E-state index < -0.39 is 5.97 Å². The fraction of sp³-hybridized carbons (Fsp3) is 0.556. The molecule has 5 heteroatoms. The van der Waals surface area contributed by atoms with Crippen LogP contribution in [0.25, 0.3) is 0 Å². The number of amides is 1. The second kappa shape index (κ2) is 8.67. The number of hydrogen-bond donors (Lipinski definition) is 1. The van der Waals surface area contributed by atoms with E-state index in [4.69, 9.17) is 9.84 Å². The van der Waals surface area contributed by atoms with Crippen LogP contribution in [0, 0.1) is 5.92 Å². The van der Waals surface area contributed by atoms with Gasteiger partial charge < -0.3 is 14.7 Å². The normalized spacial score (nSPS) is 20.9.